The van der Waals surface area contributed by atoms with Gasteiger partial charge in [-0.15, -0.1) is 0 Å². The minimum Gasteiger partial charge on any atom is -0.282 e. The molecule has 1 aliphatic rings. The number of H-pyrrole nitrogens is 1. The predicted octanol–water partition coefficient (Wildman–Crippen LogP) is -0.114. The number of piperidine rings is 1. The normalized spacial score (nSPS) is 17.2. The molecule has 1 aromatic rings. The molecule has 15 heavy (non-hydrogen) atoms. The third kappa shape index (κ3) is 2.20. The van der Waals surface area contributed by atoms with Gasteiger partial charge in [-0.2, -0.15) is 5.10 Å². The number of imide groups is 1. The minimum atomic E-state index is -0.0780. The molecule has 0 saturated carbocycles. The molecule has 0 spiro atoms. The van der Waals surface area contributed by atoms with E-state index in [1.165, 1.54) is 11.2 Å². The lowest BCUT2D eigenvalue weighted by Crippen LogP contribution is -2.41. The zero-order valence-corrected chi connectivity index (χ0v) is 8.27. The molecule has 80 valence electrons. The largest absolute Gasteiger partial charge is 0.282 e. The number of hydrogen-bond donors (Lipinski definition) is 1. The van der Waals surface area contributed by atoms with E-state index in [1.807, 2.05) is 0 Å². The van der Waals surface area contributed by atoms with E-state index in [4.69, 9.17) is 0 Å². The Morgan fingerprint density at radius 2 is 2.07 bits per heavy atom. The van der Waals surface area contributed by atoms with Crippen molar-refractivity contribution in [3.63, 3.8) is 0 Å². The van der Waals surface area contributed by atoms with E-state index in [-0.39, 0.29) is 11.8 Å². The Kier molecular flexibility index (Phi) is 2.75. The Bertz CT molecular complexity index is 344. The number of aromatic amines is 1. The van der Waals surface area contributed by atoms with Gasteiger partial charge in [0, 0.05) is 25.8 Å². The number of amides is 2. The Morgan fingerprint density at radius 1 is 1.33 bits per heavy atom. The Balaban J connectivity index is 1.92. The lowest BCUT2D eigenvalue weighted by Gasteiger charge is -2.24. The van der Waals surface area contributed by atoms with Crippen molar-refractivity contribution in [3.8, 4) is 0 Å². The maximum absolute atomic E-state index is 11.4. The van der Waals surface area contributed by atoms with Crippen molar-refractivity contribution in [2.45, 2.75) is 25.7 Å². The van der Waals surface area contributed by atoms with Crippen LogP contribution >= 0.6 is 0 Å². The van der Waals surface area contributed by atoms with E-state index >= 15 is 0 Å². The average Bonchev–Trinajstić information content (AvgIpc) is 2.70. The zero-order valence-electron chi connectivity index (χ0n) is 8.27. The SMILES string of the molecule is O=C1CCCC(=O)N1CCc1ncn[nH]1. The number of carbonyl (C=O) groups excluding carboxylic acids is 2. The Morgan fingerprint density at radius 3 is 2.67 bits per heavy atom. The molecule has 0 bridgehead atoms. The van der Waals surface area contributed by atoms with Gasteiger partial charge >= 0.3 is 0 Å². The number of nitrogens with one attached hydrogen (secondary N) is 1. The van der Waals surface area contributed by atoms with Gasteiger partial charge in [0.1, 0.15) is 12.2 Å². The predicted molar refractivity (Wildman–Crippen MR) is 50.7 cm³/mol. The van der Waals surface area contributed by atoms with Crippen molar-refractivity contribution in [1.82, 2.24) is 20.1 Å². The molecule has 6 heteroatoms. The van der Waals surface area contributed by atoms with Crippen molar-refractivity contribution in [1.29, 1.82) is 0 Å². The van der Waals surface area contributed by atoms with E-state index in [1.54, 1.807) is 0 Å². The monoisotopic (exact) mass is 208 g/mol. The first-order valence-corrected chi connectivity index (χ1v) is 4.95. The van der Waals surface area contributed by atoms with Crippen molar-refractivity contribution >= 4 is 11.8 Å². The van der Waals surface area contributed by atoms with Crippen LogP contribution in [0, 0.1) is 0 Å². The number of rotatable bonds is 3. The lowest BCUT2D eigenvalue weighted by atomic mass is 10.1. The number of nitrogens with zero attached hydrogens (tertiary/aromatic N) is 3. The van der Waals surface area contributed by atoms with E-state index in [2.05, 4.69) is 15.2 Å². The summed E-state index contributed by atoms with van der Waals surface area (Å²) in [6, 6.07) is 0. The van der Waals surface area contributed by atoms with Gasteiger partial charge in [-0.05, 0) is 6.42 Å². The van der Waals surface area contributed by atoms with E-state index in [9.17, 15) is 9.59 Å². The van der Waals surface area contributed by atoms with Gasteiger partial charge in [0.25, 0.3) is 0 Å². The average molecular weight is 208 g/mol. The Labute approximate surface area is 86.7 Å². The molecule has 1 aliphatic heterocycles. The van der Waals surface area contributed by atoms with Crippen LogP contribution in [-0.2, 0) is 16.0 Å². The van der Waals surface area contributed by atoms with Crippen LogP contribution in [0.25, 0.3) is 0 Å². The molecule has 1 saturated heterocycles. The number of aromatic nitrogens is 3. The third-order valence-corrected chi connectivity index (χ3v) is 2.42. The molecule has 2 rings (SSSR count). The van der Waals surface area contributed by atoms with Gasteiger partial charge in [0.05, 0.1) is 0 Å². The maximum atomic E-state index is 11.4. The molecule has 6 nitrogen and oxygen atoms in total. The summed E-state index contributed by atoms with van der Waals surface area (Å²) in [5.74, 6) is 0.540. The molecule has 0 aromatic carbocycles. The first kappa shape index (κ1) is 9.82. The summed E-state index contributed by atoms with van der Waals surface area (Å²) in [5, 5.41) is 6.40. The third-order valence-electron chi connectivity index (χ3n) is 2.42. The second kappa shape index (κ2) is 4.20. The topological polar surface area (TPSA) is 79.0 Å². The van der Waals surface area contributed by atoms with Crippen LogP contribution in [0.3, 0.4) is 0 Å². The molecule has 0 unspecified atom stereocenters. The summed E-state index contributed by atoms with van der Waals surface area (Å²) in [5.41, 5.74) is 0. The summed E-state index contributed by atoms with van der Waals surface area (Å²) in [6.07, 6.45) is 3.58. The fourth-order valence-corrected chi connectivity index (χ4v) is 1.62. The van der Waals surface area contributed by atoms with Gasteiger partial charge in [0.2, 0.25) is 11.8 Å². The summed E-state index contributed by atoms with van der Waals surface area (Å²) in [6.45, 7) is 0.396. The summed E-state index contributed by atoms with van der Waals surface area (Å²) < 4.78 is 0. The van der Waals surface area contributed by atoms with Crippen LogP contribution < -0.4 is 0 Å². The molecule has 0 aliphatic carbocycles. The van der Waals surface area contributed by atoms with Crippen molar-refractivity contribution < 1.29 is 9.59 Å². The minimum absolute atomic E-state index is 0.0780. The summed E-state index contributed by atoms with van der Waals surface area (Å²) >= 11 is 0. The second-order valence-corrected chi connectivity index (χ2v) is 3.47. The van der Waals surface area contributed by atoms with Gasteiger partial charge in [0.15, 0.2) is 0 Å². The highest BCUT2D eigenvalue weighted by atomic mass is 16.2. The van der Waals surface area contributed by atoms with E-state index in [0.717, 1.165) is 0 Å². The smallest absolute Gasteiger partial charge is 0.229 e. The zero-order chi connectivity index (χ0) is 10.7. The summed E-state index contributed by atoms with van der Waals surface area (Å²) in [4.78, 5) is 28.1. The highest BCUT2D eigenvalue weighted by molar-refractivity contribution is 5.97. The number of hydrogen-bond acceptors (Lipinski definition) is 4. The van der Waals surface area contributed by atoms with Crippen LogP contribution in [0.4, 0.5) is 0 Å². The van der Waals surface area contributed by atoms with Gasteiger partial charge in [-0.3, -0.25) is 19.6 Å². The first-order chi connectivity index (χ1) is 7.27. The molecular formula is C9H12N4O2. The van der Waals surface area contributed by atoms with Gasteiger partial charge in [-0.25, -0.2) is 4.98 Å². The molecule has 2 amide bonds. The van der Waals surface area contributed by atoms with E-state index in [0.29, 0.717) is 38.1 Å². The quantitative estimate of drug-likeness (QED) is 0.703. The molecule has 1 N–H and O–H groups in total. The lowest BCUT2D eigenvalue weighted by molar-refractivity contribution is -0.147. The van der Waals surface area contributed by atoms with Crippen molar-refractivity contribution in [2.75, 3.05) is 6.54 Å². The highest BCUT2D eigenvalue weighted by Gasteiger charge is 2.25. The number of carbonyl (C=O) groups is 2. The van der Waals surface area contributed by atoms with Gasteiger partial charge < -0.3 is 0 Å². The van der Waals surface area contributed by atoms with Crippen molar-refractivity contribution in [3.05, 3.63) is 12.2 Å². The fraction of sp³-hybridized carbons (Fsp3) is 0.556. The molecule has 1 fully saturated rings. The Hall–Kier alpha value is -1.72. The van der Waals surface area contributed by atoms with Crippen LogP contribution in [0.2, 0.25) is 0 Å². The fourth-order valence-electron chi connectivity index (χ4n) is 1.62. The van der Waals surface area contributed by atoms with Crippen LogP contribution in [0.1, 0.15) is 25.1 Å². The molecule has 0 radical (unpaired) electrons. The standard InChI is InChI=1S/C9H12N4O2/c14-8-2-1-3-9(15)13(8)5-4-7-10-6-11-12-7/h6H,1-5H2,(H,10,11,12). The molecule has 0 atom stereocenters. The van der Waals surface area contributed by atoms with Crippen LogP contribution in [0.5, 0.6) is 0 Å². The molecule has 2 heterocycles. The van der Waals surface area contributed by atoms with Crippen molar-refractivity contribution in [2.24, 2.45) is 0 Å². The first-order valence-electron chi connectivity index (χ1n) is 4.95. The molecule has 1 aromatic heterocycles. The molecular weight excluding hydrogens is 196 g/mol. The van der Waals surface area contributed by atoms with E-state index < -0.39 is 0 Å². The van der Waals surface area contributed by atoms with Crippen LogP contribution in [0.15, 0.2) is 6.33 Å². The highest BCUT2D eigenvalue weighted by Crippen LogP contribution is 2.12. The van der Waals surface area contributed by atoms with Crippen LogP contribution in [-0.4, -0.2) is 38.4 Å². The maximum Gasteiger partial charge on any atom is 0.229 e. The summed E-state index contributed by atoms with van der Waals surface area (Å²) in [7, 11) is 0. The van der Waals surface area contributed by atoms with Gasteiger partial charge in [-0.1, -0.05) is 0 Å². The number of likely N-dealkylation sites (tertiary alicyclic amines) is 1. The second-order valence-electron chi connectivity index (χ2n) is 3.47.